The molecule has 0 spiro atoms. The molecule has 3 amide bonds. The van der Waals surface area contributed by atoms with E-state index < -0.39 is 0 Å². The van der Waals surface area contributed by atoms with Crippen LogP contribution in [0.25, 0.3) is 0 Å². The summed E-state index contributed by atoms with van der Waals surface area (Å²) in [5.41, 5.74) is 1.04. The lowest BCUT2D eigenvalue weighted by Crippen LogP contribution is -2.54. The highest BCUT2D eigenvalue weighted by Crippen LogP contribution is 2.32. The van der Waals surface area contributed by atoms with Gasteiger partial charge in [-0.2, -0.15) is 0 Å². The van der Waals surface area contributed by atoms with Crippen LogP contribution < -0.4 is 0 Å². The van der Waals surface area contributed by atoms with Gasteiger partial charge in [0.05, 0.1) is 6.04 Å². The predicted molar refractivity (Wildman–Crippen MR) is 79.8 cm³/mol. The number of rotatable bonds is 3. The zero-order chi connectivity index (χ0) is 15.1. The lowest BCUT2D eigenvalue weighted by atomic mass is 10.1. The van der Waals surface area contributed by atoms with E-state index >= 15 is 0 Å². The first kappa shape index (κ1) is 13.5. The molecular formula is C16H20N4O2. The highest BCUT2D eigenvalue weighted by Gasteiger charge is 2.43. The van der Waals surface area contributed by atoms with E-state index in [0.717, 1.165) is 18.4 Å². The van der Waals surface area contributed by atoms with Gasteiger partial charge in [-0.3, -0.25) is 9.78 Å². The average molecular weight is 300 g/mol. The summed E-state index contributed by atoms with van der Waals surface area (Å²) in [4.78, 5) is 34.5. The molecule has 1 unspecified atom stereocenters. The predicted octanol–water partition coefficient (Wildman–Crippen LogP) is 0.940. The standard InChI is InChI=1S/C16H20N4O2/c21-15(13-3-4-13)18-6-7-20-14(10-18)11-19(16(20)22)9-12-2-1-5-17-8-12/h1-2,5,8,13-14H,3-4,6-7,9-11H2. The Morgan fingerprint density at radius 2 is 2.14 bits per heavy atom. The molecule has 1 atom stereocenters. The van der Waals surface area contributed by atoms with Crippen molar-refractivity contribution in [1.29, 1.82) is 0 Å². The van der Waals surface area contributed by atoms with Crippen LogP contribution in [0.2, 0.25) is 0 Å². The Labute approximate surface area is 129 Å². The highest BCUT2D eigenvalue weighted by atomic mass is 16.2. The summed E-state index contributed by atoms with van der Waals surface area (Å²) < 4.78 is 0. The quantitative estimate of drug-likeness (QED) is 0.835. The van der Waals surface area contributed by atoms with E-state index in [4.69, 9.17) is 0 Å². The van der Waals surface area contributed by atoms with Gasteiger partial charge in [0.15, 0.2) is 0 Å². The number of urea groups is 1. The lowest BCUT2D eigenvalue weighted by Gasteiger charge is -2.36. The van der Waals surface area contributed by atoms with Crippen LogP contribution in [0.4, 0.5) is 4.79 Å². The van der Waals surface area contributed by atoms with E-state index in [9.17, 15) is 9.59 Å². The van der Waals surface area contributed by atoms with Gasteiger partial charge in [-0.15, -0.1) is 0 Å². The highest BCUT2D eigenvalue weighted by molar-refractivity contribution is 5.82. The summed E-state index contributed by atoms with van der Waals surface area (Å²) >= 11 is 0. The Hall–Kier alpha value is -2.11. The number of carbonyl (C=O) groups is 2. The topological polar surface area (TPSA) is 56.8 Å². The summed E-state index contributed by atoms with van der Waals surface area (Å²) in [5, 5.41) is 0. The second-order valence-corrected chi connectivity index (χ2v) is 6.43. The number of piperazine rings is 1. The number of aromatic nitrogens is 1. The third kappa shape index (κ3) is 2.42. The molecule has 22 heavy (non-hydrogen) atoms. The van der Waals surface area contributed by atoms with Crippen LogP contribution >= 0.6 is 0 Å². The summed E-state index contributed by atoms with van der Waals surface area (Å²) in [6.45, 7) is 3.31. The van der Waals surface area contributed by atoms with E-state index in [0.29, 0.717) is 32.7 Å². The Kier molecular flexibility index (Phi) is 3.24. The fourth-order valence-electron chi connectivity index (χ4n) is 3.41. The fourth-order valence-corrected chi connectivity index (χ4v) is 3.41. The van der Waals surface area contributed by atoms with Gasteiger partial charge < -0.3 is 14.7 Å². The van der Waals surface area contributed by atoms with Crippen molar-refractivity contribution >= 4 is 11.9 Å². The first-order chi connectivity index (χ1) is 10.7. The Morgan fingerprint density at radius 1 is 1.27 bits per heavy atom. The van der Waals surface area contributed by atoms with Crippen molar-refractivity contribution in [2.24, 2.45) is 5.92 Å². The lowest BCUT2D eigenvalue weighted by molar-refractivity contribution is -0.134. The number of hydrogen-bond donors (Lipinski definition) is 0. The molecule has 3 fully saturated rings. The Morgan fingerprint density at radius 3 is 2.86 bits per heavy atom. The third-order valence-electron chi connectivity index (χ3n) is 4.76. The van der Waals surface area contributed by atoms with Crippen LogP contribution in [0, 0.1) is 5.92 Å². The number of amides is 3. The molecule has 3 heterocycles. The molecule has 0 radical (unpaired) electrons. The summed E-state index contributed by atoms with van der Waals surface area (Å²) in [6.07, 6.45) is 5.61. The zero-order valence-electron chi connectivity index (χ0n) is 12.5. The van der Waals surface area contributed by atoms with E-state index in [1.54, 1.807) is 12.4 Å². The summed E-state index contributed by atoms with van der Waals surface area (Å²) in [6, 6.07) is 4.10. The van der Waals surface area contributed by atoms with Gasteiger partial charge in [0.1, 0.15) is 0 Å². The molecule has 0 aromatic carbocycles. The largest absolute Gasteiger partial charge is 0.339 e. The molecule has 1 aromatic rings. The Balaban J connectivity index is 1.42. The molecule has 0 bridgehead atoms. The molecule has 6 heteroatoms. The Bertz CT molecular complexity index is 587. The van der Waals surface area contributed by atoms with Crippen molar-refractivity contribution in [3.63, 3.8) is 0 Å². The zero-order valence-corrected chi connectivity index (χ0v) is 12.5. The maximum Gasteiger partial charge on any atom is 0.320 e. The number of carbonyl (C=O) groups excluding carboxylic acids is 2. The third-order valence-corrected chi connectivity index (χ3v) is 4.76. The second-order valence-electron chi connectivity index (χ2n) is 6.43. The van der Waals surface area contributed by atoms with E-state index in [1.807, 2.05) is 26.8 Å². The number of nitrogens with zero attached hydrogens (tertiary/aromatic N) is 4. The fraction of sp³-hybridized carbons (Fsp3) is 0.562. The van der Waals surface area contributed by atoms with Gasteiger partial charge in [0, 0.05) is 51.0 Å². The van der Waals surface area contributed by atoms with Gasteiger partial charge in [0.25, 0.3) is 0 Å². The molecule has 1 saturated carbocycles. The second kappa shape index (κ2) is 5.26. The van der Waals surface area contributed by atoms with Crippen LogP contribution in [-0.2, 0) is 11.3 Å². The van der Waals surface area contributed by atoms with Crippen LogP contribution in [0.15, 0.2) is 24.5 Å². The van der Waals surface area contributed by atoms with Crippen molar-refractivity contribution in [3.8, 4) is 0 Å². The molecule has 2 aliphatic heterocycles. The molecule has 0 N–H and O–H groups in total. The molecule has 116 valence electrons. The maximum absolute atomic E-state index is 12.5. The molecule has 4 rings (SSSR count). The van der Waals surface area contributed by atoms with Gasteiger partial charge in [-0.05, 0) is 24.5 Å². The van der Waals surface area contributed by atoms with E-state index in [1.165, 1.54) is 0 Å². The maximum atomic E-state index is 12.5. The first-order valence-corrected chi connectivity index (χ1v) is 7.95. The molecule has 2 saturated heterocycles. The number of hydrogen-bond acceptors (Lipinski definition) is 3. The SMILES string of the molecule is O=C(C1CC1)N1CCN2C(=O)N(Cc3cccnc3)CC2C1. The van der Waals surface area contributed by atoms with Crippen molar-refractivity contribution in [2.75, 3.05) is 26.2 Å². The first-order valence-electron chi connectivity index (χ1n) is 7.95. The van der Waals surface area contributed by atoms with Crippen LogP contribution in [-0.4, -0.2) is 63.8 Å². The van der Waals surface area contributed by atoms with E-state index in [2.05, 4.69) is 4.98 Å². The summed E-state index contributed by atoms with van der Waals surface area (Å²) in [5.74, 6) is 0.549. The monoisotopic (exact) mass is 300 g/mol. The normalized spacial score (nSPS) is 24.6. The molecule has 3 aliphatic rings. The van der Waals surface area contributed by atoms with Crippen LogP contribution in [0.5, 0.6) is 0 Å². The molecule has 6 nitrogen and oxygen atoms in total. The minimum Gasteiger partial charge on any atom is -0.339 e. The van der Waals surface area contributed by atoms with Crippen molar-refractivity contribution in [1.82, 2.24) is 19.7 Å². The number of fused-ring (bicyclic) bond motifs is 1. The van der Waals surface area contributed by atoms with Crippen molar-refractivity contribution in [3.05, 3.63) is 30.1 Å². The van der Waals surface area contributed by atoms with Gasteiger partial charge in [-0.1, -0.05) is 6.07 Å². The minimum atomic E-state index is 0.0902. The van der Waals surface area contributed by atoms with Gasteiger partial charge in [-0.25, -0.2) is 4.79 Å². The van der Waals surface area contributed by atoms with Crippen LogP contribution in [0.3, 0.4) is 0 Å². The van der Waals surface area contributed by atoms with E-state index in [-0.39, 0.29) is 23.9 Å². The average Bonchev–Trinajstić information content (AvgIpc) is 3.34. The smallest absolute Gasteiger partial charge is 0.320 e. The van der Waals surface area contributed by atoms with Crippen LogP contribution in [0.1, 0.15) is 18.4 Å². The number of pyridine rings is 1. The molecule has 1 aromatic heterocycles. The van der Waals surface area contributed by atoms with Crippen molar-refractivity contribution < 1.29 is 9.59 Å². The molecule has 1 aliphatic carbocycles. The van der Waals surface area contributed by atoms with Crippen molar-refractivity contribution in [2.45, 2.75) is 25.4 Å². The molecular weight excluding hydrogens is 280 g/mol. The summed E-state index contributed by atoms with van der Waals surface area (Å²) in [7, 11) is 0. The van der Waals surface area contributed by atoms with Gasteiger partial charge in [0.2, 0.25) is 5.91 Å². The van der Waals surface area contributed by atoms with Gasteiger partial charge >= 0.3 is 6.03 Å². The minimum absolute atomic E-state index is 0.0902.